The fraction of sp³-hybridized carbons (Fsp3) is 0. The van der Waals surface area contributed by atoms with Crippen LogP contribution in [0.3, 0.4) is 0 Å². The maximum absolute atomic E-state index is 6.39. The molecule has 0 fully saturated rings. The van der Waals surface area contributed by atoms with Gasteiger partial charge in [-0.15, -0.1) is 0 Å². The van der Waals surface area contributed by atoms with Crippen LogP contribution in [0.1, 0.15) is 0 Å². The number of hydrogen-bond donors (Lipinski definition) is 0. The highest BCUT2D eigenvalue weighted by Gasteiger charge is 2.21. The molecule has 9 aromatic rings. The van der Waals surface area contributed by atoms with E-state index in [-0.39, 0.29) is 0 Å². The molecule has 0 aliphatic rings. The summed E-state index contributed by atoms with van der Waals surface area (Å²) in [6.45, 7) is 0. The predicted molar refractivity (Wildman–Crippen MR) is 174 cm³/mol. The fourth-order valence-electron chi connectivity index (χ4n) is 5.82. The second-order valence-electron chi connectivity index (χ2n) is 10.7. The third kappa shape index (κ3) is 3.89. The van der Waals surface area contributed by atoms with Gasteiger partial charge in [-0.3, -0.25) is 0 Å². The third-order valence-corrected chi connectivity index (χ3v) is 7.91. The monoisotopic (exact) mass is 566 g/mol. The van der Waals surface area contributed by atoms with Crippen LogP contribution in [0, 0.1) is 0 Å². The molecule has 0 atom stereocenters. The summed E-state index contributed by atoms with van der Waals surface area (Å²) in [7, 11) is 0. The summed E-state index contributed by atoms with van der Waals surface area (Å²) in [4.78, 5) is 20.1. The van der Waals surface area contributed by atoms with Crippen molar-refractivity contribution >= 4 is 44.1 Å². The van der Waals surface area contributed by atoms with E-state index in [1.54, 1.807) is 0 Å². The normalized spacial score (nSPS) is 11.6. The van der Waals surface area contributed by atoms with E-state index in [0.29, 0.717) is 34.2 Å². The number of furan rings is 2. The first-order chi connectivity index (χ1) is 21.8. The fourth-order valence-corrected chi connectivity index (χ4v) is 5.82. The third-order valence-electron chi connectivity index (χ3n) is 7.91. The number of rotatable bonds is 4. The lowest BCUT2D eigenvalue weighted by atomic mass is 10.0. The Balaban J connectivity index is 1.30. The summed E-state index contributed by atoms with van der Waals surface area (Å²) < 4.78 is 12.8. The van der Waals surface area contributed by atoms with Crippen LogP contribution in [0.25, 0.3) is 89.4 Å². The lowest BCUT2D eigenvalue weighted by molar-refractivity contribution is 0.667. The molecule has 4 heterocycles. The molecule has 0 amide bonds. The highest BCUT2D eigenvalue weighted by molar-refractivity contribution is 6.09. The molecule has 4 aromatic heterocycles. The second-order valence-corrected chi connectivity index (χ2v) is 10.7. The first-order valence-electron chi connectivity index (χ1n) is 14.4. The lowest BCUT2D eigenvalue weighted by Gasteiger charge is -2.09. The Morgan fingerprint density at radius 2 is 0.773 bits per heavy atom. The Kier molecular flexibility index (Phi) is 5.40. The van der Waals surface area contributed by atoms with Gasteiger partial charge in [-0.05, 0) is 30.3 Å². The summed E-state index contributed by atoms with van der Waals surface area (Å²) in [6.07, 6.45) is 0. The van der Waals surface area contributed by atoms with Gasteiger partial charge >= 0.3 is 0 Å². The first kappa shape index (κ1) is 24.5. The molecule has 0 saturated carbocycles. The van der Waals surface area contributed by atoms with Crippen LogP contribution in [0.15, 0.2) is 142 Å². The zero-order valence-electron chi connectivity index (χ0n) is 23.3. The Bertz CT molecular complexity index is 2330. The molecule has 6 heteroatoms. The molecular formula is C38H22N4O2. The average molecular weight is 567 g/mol. The highest BCUT2D eigenvalue weighted by atomic mass is 16.3. The Labute approximate surface area is 251 Å². The minimum atomic E-state index is 0.637. The van der Waals surface area contributed by atoms with Crippen LogP contribution in [0.5, 0.6) is 0 Å². The molecule has 0 bridgehead atoms. The molecule has 0 N–H and O–H groups in total. The zero-order chi connectivity index (χ0) is 29.0. The Morgan fingerprint density at radius 3 is 1.25 bits per heavy atom. The van der Waals surface area contributed by atoms with Crippen molar-refractivity contribution in [2.24, 2.45) is 0 Å². The molecule has 0 radical (unpaired) electrons. The van der Waals surface area contributed by atoms with Gasteiger partial charge < -0.3 is 8.83 Å². The van der Waals surface area contributed by atoms with Gasteiger partial charge in [0.15, 0.2) is 22.8 Å². The molecule has 0 saturated heterocycles. The molecule has 0 spiro atoms. The molecular weight excluding hydrogens is 544 g/mol. The van der Waals surface area contributed by atoms with Gasteiger partial charge in [0.05, 0.1) is 0 Å². The summed E-state index contributed by atoms with van der Waals surface area (Å²) in [6, 6.07) is 44.2. The quantitative estimate of drug-likeness (QED) is 0.211. The summed E-state index contributed by atoms with van der Waals surface area (Å²) in [5.41, 5.74) is 9.45. The van der Waals surface area contributed by atoms with Crippen molar-refractivity contribution in [3.63, 3.8) is 0 Å². The maximum atomic E-state index is 6.39. The number of fused-ring (bicyclic) bond motifs is 6. The van der Waals surface area contributed by atoms with Crippen molar-refractivity contribution in [3.8, 4) is 45.3 Å². The van der Waals surface area contributed by atoms with Crippen molar-refractivity contribution in [1.82, 2.24) is 19.9 Å². The molecule has 44 heavy (non-hydrogen) atoms. The van der Waals surface area contributed by atoms with E-state index in [1.807, 2.05) is 127 Å². The molecule has 0 unspecified atom stereocenters. The highest BCUT2D eigenvalue weighted by Crippen LogP contribution is 2.39. The van der Waals surface area contributed by atoms with Gasteiger partial charge in [-0.2, -0.15) is 0 Å². The SMILES string of the molecule is c1ccc(-c2nc(-c3cccc(-c4nc(-c5ccccc5)nc5c4oc4ccccc45)c3)c3oc4ccccc4c3n2)cc1. The maximum Gasteiger partial charge on any atom is 0.180 e. The van der Waals surface area contributed by atoms with Gasteiger partial charge in [0.25, 0.3) is 0 Å². The number of benzene rings is 5. The first-order valence-corrected chi connectivity index (χ1v) is 14.4. The molecule has 0 aliphatic heterocycles. The Morgan fingerprint density at radius 1 is 0.364 bits per heavy atom. The van der Waals surface area contributed by atoms with Gasteiger partial charge in [-0.1, -0.05) is 103 Å². The smallest absolute Gasteiger partial charge is 0.180 e. The lowest BCUT2D eigenvalue weighted by Crippen LogP contribution is -1.96. The molecule has 5 aromatic carbocycles. The van der Waals surface area contributed by atoms with Crippen LogP contribution in [0.4, 0.5) is 0 Å². The van der Waals surface area contributed by atoms with E-state index in [0.717, 1.165) is 55.2 Å². The predicted octanol–water partition coefficient (Wildman–Crippen LogP) is 9.73. The number of para-hydroxylation sites is 2. The van der Waals surface area contributed by atoms with Crippen LogP contribution in [-0.2, 0) is 0 Å². The number of hydrogen-bond acceptors (Lipinski definition) is 6. The molecule has 6 nitrogen and oxygen atoms in total. The standard InChI is InChI=1S/C38H22N4O2/c1-3-12-23(13-4-1)37-39-31(35-33(41-37)27-18-7-9-20-29(27)43-35)25-16-11-17-26(22-25)32-36-34(28-19-8-10-21-30(28)44-36)42-38(40-32)24-14-5-2-6-15-24/h1-22H. The number of aromatic nitrogens is 4. The minimum absolute atomic E-state index is 0.637. The second kappa shape index (κ2) is 9.71. The van der Waals surface area contributed by atoms with E-state index >= 15 is 0 Å². The van der Waals surface area contributed by atoms with Crippen molar-refractivity contribution in [2.75, 3.05) is 0 Å². The molecule has 206 valence electrons. The van der Waals surface area contributed by atoms with Crippen LogP contribution in [0.2, 0.25) is 0 Å². The molecule has 9 rings (SSSR count). The number of nitrogens with zero attached hydrogens (tertiary/aromatic N) is 4. The largest absolute Gasteiger partial charge is 0.452 e. The van der Waals surface area contributed by atoms with Crippen LogP contribution >= 0.6 is 0 Å². The van der Waals surface area contributed by atoms with Crippen molar-refractivity contribution in [3.05, 3.63) is 133 Å². The van der Waals surface area contributed by atoms with E-state index < -0.39 is 0 Å². The van der Waals surface area contributed by atoms with E-state index in [9.17, 15) is 0 Å². The zero-order valence-corrected chi connectivity index (χ0v) is 23.3. The summed E-state index contributed by atoms with van der Waals surface area (Å²) in [5.74, 6) is 1.27. The van der Waals surface area contributed by atoms with Crippen LogP contribution < -0.4 is 0 Å². The van der Waals surface area contributed by atoms with E-state index in [1.165, 1.54) is 0 Å². The van der Waals surface area contributed by atoms with Crippen LogP contribution in [-0.4, -0.2) is 19.9 Å². The Hall–Kier alpha value is -6.14. The topological polar surface area (TPSA) is 77.8 Å². The molecule has 0 aliphatic carbocycles. The average Bonchev–Trinajstić information content (AvgIpc) is 3.67. The van der Waals surface area contributed by atoms with Crippen molar-refractivity contribution in [2.45, 2.75) is 0 Å². The van der Waals surface area contributed by atoms with Gasteiger partial charge in [0.1, 0.15) is 33.6 Å². The van der Waals surface area contributed by atoms with Crippen molar-refractivity contribution < 1.29 is 8.83 Å². The summed E-state index contributed by atoms with van der Waals surface area (Å²) >= 11 is 0. The van der Waals surface area contributed by atoms with E-state index in [4.69, 9.17) is 28.8 Å². The summed E-state index contributed by atoms with van der Waals surface area (Å²) in [5, 5.41) is 1.90. The minimum Gasteiger partial charge on any atom is -0.452 e. The van der Waals surface area contributed by atoms with Gasteiger partial charge in [0.2, 0.25) is 0 Å². The van der Waals surface area contributed by atoms with Gasteiger partial charge in [-0.25, -0.2) is 19.9 Å². The van der Waals surface area contributed by atoms with Crippen molar-refractivity contribution in [1.29, 1.82) is 0 Å². The van der Waals surface area contributed by atoms with E-state index in [2.05, 4.69) is 6.07 Å². The van der Waals surface area contributed by atoms with Gasteiger partial charge in [0, 0.05) is 33.0 Å².